The molecule has 1 amide bonds. The largest absolute Gasteiger partial charge is 0.493 e. The van der Waals surface area contributed by atoms with Gasteiger partial charge in [-0.3, -0.25) is 9.69 Å². The van der Waals surface area contributed by atoms with Crippen molar-refractivity contribution in [3.8, 4) is 22.9 Å². The predicted molar refractivity (Wildman–Crippen MR) is 119 cm³/mol. The number of anilines is 2. The number of carbonyl (C=O) groups excluding carboxylic acids is 1. The fourth-order valence-corrected chi connectivity index (χ4v) is 3.98. The molecule has 31 heavy (non-hydrogen) atoms. The Morgan fingerprint density at radius 3 is 2.77 bits per heavy atom. The van der Waals surface area contributed by atoms with Crippen molar-refractivity contribution in [1.82, 2.24) is 9.97 Å². The van der Waals surface area contributed by atoms with Crippen molar-refractivity contribution in [2.45, 2.75) is 33.1 Å². The number of aromatic nitrogens is 2. The smallest absolute Gasteiger partial charge is 0.235 e. The average Bonchev–Trinajstić information content (AvgIpc) is 3.53. The van der Waals surface area contributed by atoms with E-state index in [-0.39, 0.29) is 11.8 Å². The standard InChI is InChI=1S/C25H25N3O3/c1-15-12-22(27-24(16(15)2)19-8-10-26-23(14-19)30-3)28(25(29)17-4-5-17)20-6-7-21-18(13-20)9-11-31-21/h6-8,10,12-14,17H,4-5,9,11H2,1-3H3. The lowest BCUT2D eigenvalue weighted by Crippen LogP contribution is -2.28. The van der Waals surface area contributed by atoms with E-state index in [9.17, 15) is 4.79 Å². The van der Waals surface area contributed by atoms with Crippen LogP contribution in [0, 0.1) is 19.8 Å². The minimum atomic E-state index is 0.0670. The molecule has 0 atom stereocenters. The van der Waals surface area contributed by atoms with Crippen LogP contribution in [0.5, 0.6) is 11.6 Å². The van der Waals surface area contributed by atoms with Crippen LogP contribution in [0.1, 0.15) is 29.5 Å². The van der Waals surface area contributed by atoms with Crippen molar-refractivity contribution in [2.24, 2.45) is 5.92 Å². The zero-order chi connectivity index (χ0) is 21.5. The van der Waals surface area contributed by atoms with Crippen molar-refractivity contribution in [3.63, 3.8) is 0 Å². The number of nitrogens with zero attached hydrogens (tertiary/aromatic N) is 3. The van der Waals surface area contributed by atoms with E-state index in [0.717, 1.165) is 58.6 Å². The Kier molecular flexibility index (Phi) is 4.85. The number of hydrogen-bond donors (Lipinski definition) is 0. The first-order chi connectivity index (χ1) is 15.0. The Morgan fingerprint density at radius 2 is 2.00 bits per heavy atom. The number of aryl methyl sites for hydroxylation is 1. The van der Waals surface area contributed by atoms with Gasteiger partial charge >= 0.3 is 0 Å². The highest BCUT2D eigenvalue weighted by Gasteiger charge is 2.36. The number of pyridine rings is 2. The highest BCUT2D eigenvalue weighted by atomic mass is 16.5. The van der Waals surface area contributed by atoms with E-state index in [0.29, 0.717) is 18.3 Å². The third-order valence-electron chi connectivity index (χ3n) is 6.04. The van der Waals surface area contributed by atoms with E-state index < -0.39 is 0 Å². The molecule has 158 valence electrons. The minimum Gasteiger partial charge on any atom is -0.493 e. The van der Waals surface area contributed by atoms with Crippen molar-refractivity contribution in [1.29, 1.82) is 0 Å². The molecule has 0 saturated heterocycles. The summed E-state index contributed by atoms with van der Waals surface area (Å²) in [7, 11) is 1.60. The molecule has 0 spiro atoms. The molecule has 1 aromatic carbocycles. The lowest BCUT2D eigenvalue weighted by molar-refractivity contribution is -0.119. The molecule has 3 heterocycles. The molecule has 0 unspecified atom stereocenters. The zero-order valence-electron chi connectivity index (χ0n) is 18.0. The number of ether oxygens (including phenoxy) is 2. The second-order valence-corrected chi connectivity index (χ2v) is 8.20. The summed E-state index contributed by atoms with van der Waals surface area (Å²) in [6, 6.07) is 11.8. The Bertz CT molecular complexity index is 1170. The first kappa shape index (κ1) is 19.5. The van der Waals surface area contributed by atoms with Gasteiger partial charge in [-0.1, -0.05) is 0 Å². The highest BCUT2D eigenvalue weighted by molar-refractivity contribution is 6.02. The van der Waals surface area contributed by atoms with E-state index in [4.69, 9.17) is 14.5 Å². The molecule has 1 saturated carbocycles. The molecule has 0 N–H and O–H groups in total. The molecule has 2 aromatic heterocycles. The Labute approximate surface area is 181 Å². The van der Waals surface area contributed by atoms with Crippen LogP contribution in [0.15, 0.2) is 42.6 Å². The van der Waals surface area contributed by atoms with Crippen molar-refractivity contribution < 1.29 is 14.3 Å². The third-order valence-corrected chi connectivity index (χ3v) is 6.04. The van der Waals surface area contributed by atoms with Crippen molar-refractivity contribution in [2.75, 3.05) is 18.6 Å². The van der Waals surface area contributed by atoms with Crippen molar-refractivity contribution >= 4 is 17.4 Å². The summed E-state index contributed by atoms with van der Waals surface area (Å²) in [5, 5.41) is 0. The quantitative estimate of drug-likeness (QED) is 0.600. The fourth-order valence-electron chi connectivity index (χ4n) is 3.98. The average molecular weight is 415 g/mol. The molecular weight excluding hydrogens is 390 g/mol. The van der Waals surface area contributed by atoms with Gasteiger partial charge in [0.2, 0.25) is 11.8 Å². The maximum Gasteiger partial charge on any atom is 0.235 e. The highest BCUT2D eigenvalue weighted by Crippen LogP contribution is 2.39. The number of carbonyl (C=O) groups is 1. The second-order valence-electron chi connectivity index (χ2n) is 8.20. The number of benzene rings is 1. The van der Waals surface area contributed by atoms with Gasteiger partial charge in [0.15, 0.2) is 0 Å². The maximum atomic E-state index is 13.4. The Morgan fingerprint density at radius 1 is 1.16 bits per heavy atom. The number of hydrogen-bond acceptors (Lipinski definition) is 5. The van der Waals surface area contributed by atoms with Crippen molar-refractivity contribution in [3.05, 3.63) is 59.3 Å². The normalized spacial score (nSPS) is 14.7. The first-order valence-electron chi connectivity index (χ1n) is 10.6. The van der Waals surface area contributed by atoms with Gasteiger partial charge in [0, 0.05) is 30.2 Å². The monoisotopic (exact) mass is 415 g/mol. The zero-order valence-corrected chi connectivity index (χ0v) is 18.0. The van der Waals surface area contributed by atoms with Gasteiger partial charge in [-0.05, 0) is 73.7 Å². The summed E-state index contributed by atoms with van der Waals surface area (Å²) in [4.78, 5) is 24.3. The molecule has 5 rings (SSSR count). The lowest BCUT2D eigenvalue weighted by Gasteiger charge is -2.24. The van der Waals surface area contributed by atoms with E-state index in [1.54, 1.807) is 18.2 Å². The van der Waals surface area contributed by atoms with Gasteiger partial charge in [0.25, 0.3) is 0 Å². The van der Waals surface area contributed by atoms with Gasteiger partial charge in [0.05, 0.1) is 25.1 Å². The van der Waals surface area contributed by atoms with Crippen LogP contribution < -0.4 is 14.4 Å². The van der Waals surface area contributed by atoms with E-state index in [1.807, 2.05) is 37.3 Å². The van der Waals surface area contributed by atoms with Crippen LogP contribution in [-0.4, -0.2) is 29.6 Å². The molecule has 1 aliphatic heterocycles. The van der Waals surface area contributed by atoms with Crippen LogP contribution in [-0.2, 0) is 11.2 Å². The van der Waals surface area contributed by atoms with Crippen LogP contribution >= 0.6 is 0 Å². The van der Waals surface area contributed by atoms with Crippen LogP contribution in [0.4, 0.5) is 11.5 Å². The van der Waals surface area contributed by atoms with E-state index in [1.165, 1.54) is 0 Å². The molecule has 6 heteroatoms. The van der Waals surface area contributed by atoms with E-state index >= 15 is 0 Å². The summed E-state index contributed by atoms with van der Waals surface area (Å²) in [5.41, 5.74) is 5.86. The number of rotatable bonds is 5. The second kappa shape index (κ2) is 7.69. The number of amides is 1. The van der Waals surface area contributed by atoms with Gasteiger partial charge in [-0.2, -0.15) is 0 Å². The molecule has 6 nitrogen and oxygen atoms in total. The summed E-state index contributed by atoms with van der Waals surface area (Å²) in [5.74, 6) is 2.25. The SMILES string of the molecule is COc1cc(-c2nc(N(C(=O)C3CC3)c3ccc4c(c3)CCO4)cc(C)c2C)ccn1. The fraction of sp³-hybridized carbons (Fsp3) is 0.320. The van der Waals surface area contributed by atoms with Gasteiger partial charge in [-0.25, -0.2) is 9.97 Å². The van der Waals surface area contributed by atoms with Crippen LogP contribution in [0.25, 0.3) is 11.3 Å². The molecule has 1 fully saturated rings. The molecule has 3 aromatic rings. The first-order valence-corrected chi connectivity index (χ1v) is 10.6. The third kappa shape index (κ3) is 3.63. The summed E-state index contributed by atoms with van der Waals surface area (Å²) in [6.07, 6.45) is 4.44. The molecule has 1 aliphatic carbocycles. The molecular formula is C25H25N3O3. The van der Waals surface area contributed by atoms with Gasteiger partial charge in [0.1, 0.15) is 11.6 Å². The maximum absolute atomic E-state index is 13.4. The summed E-state index contributed by atoms with van der Waals surface area (Å²) in [6.45, 7) is 4.79. The Hall–Kier alpha value is -3.41. The van der Waals surface area contributed by atoms with E-state index in [2.05, 4.69) is 18.0 Å². The van der Waals surface area contributed by atoms with Crippen LogP contribution in [0.3, 0.4) is 0 Å². The molecule has 2 aliphatic rings. The van der Waals surface area contributed by atoms with Crippen LogP contribution in [0.2, 0.25) is 0 Å². The van der Waals surface area contributed by atoms with Gasteiger partial charge in [-0.15, -0.1) is 0 Å². The number of fused-ring (bicyclic) bond motifs is 1. The lowest BCUT2D eigenvalue weighted by atomic mass is 10.0. The number of methoxy groups -OCH3 is 1. The summed E-state index contributed by atoms with van der Waals surface area (Å²) < 4.78 is 11.0. The minimum absolute atomic E-state index is 0.0670. The topological polar surface area (TPSA) is 64.5 Å². The summed E-state index contributed by atoms with van der Waals surface area (Å²) >= 11 is 0. The molecule has 0 bridgehead atoms. The Balaban J connectivity index is 1.64. The molecule has 0 radical (unpaired) electrons. The van der Waals surface area contributed by atoms with Gasteiger partial charge < -0.3 is 9.47 Å². The predicted octanol–water partition coefficient (Wildman–Crippen LogP) is 4.78.